The van der Waals surface area contributed by atoms with Crippen LogP contribution < -0.4 is 5.32 Å². The Balaban J connectivity index is 2.66. The summed E-state index contributed by atoms with van der Waals surface area (Å²) in [5.74, 6) is 5.27. The van der Waals surface area contributed by atoms with Gasteiger partial charge in [-0.15, -0.1) is 5.92 Å². The fourth-order valence-electron chi connectivity index (χ4n) is 2.69. The maximum atomic E-state index is 13.3. The molecule has 1 N–H and O–H groups in total. The van der Waals surface area contributed by atoms with E-state index in [0.29, 0.717) is 24.9 Å². The summed E-state index contributed by atoms with van der Waals surface area (Å²) in [5, 5.41) is 3.15. The normalized spacial score (nSPS) is 19.4. The number of halogens is 3. The molecule has 118 valence electrons. The van der Waals surface area contributed by atoms with Gasteiger partial charge in [0, 0.05) is 36.8 Å². The molecule has 1 aliphatic rings. The Bertz CT molecular complexity index is 629. The molecule has 0 amide bonds. The van der Waals surface area contributed by atoms with Gasteiger partial charge in [0.1, 0.15) is 0 Å². The van der Waals surface area contributed by atoms with Crippen molar-refractivity contribution in [3.8, 4) is 11.8 Å². The van der Waals surface area contributed by atoms with E-state index in [1.54, 1.807) is 13.0 Å². The zero-order chi connectivity index (χ0) is 16.3. The van der Waals surface area contributed by atoms with Crippen molar-refractivity contribution in [3.05, 3.63) is 34.4 Å². The number of hydrogen-bond donors (Lipinski definition) is 1. The third-order valence-corrected chi connectivity index (χ3v) is 3.77. The number of alkyl halides is 3. The second-order valence-electron chi connectivity index (χ2n) is 5.22. The van der Waals surface area contributed by atoms with Gasteiger partial charge in [0.25, 0.3) is 0 Å². The van der Waals surface area contributed by atoms with Crippen LogP contribution in [0.25, 0.3) is 0 Å². The first-order chi connectivity index (χ1) is 10.4. The molecule has 1 aromatic carbocycles. The molecule has 1 heterocycles. The van der Waals surface area contributed by atoms with Crippen LogP contribution in [0, 0.1) is 11.8 Å². The average molecular weight is 310 g/mol. The molecule has 22 heavy (non-hydrogen) atoms. The highest BCUT2D eigenvalue weighted by Gasteiger charge is 2.36. The molecule has 0 aromatic heterocycles. The number of nitrogens with one attached hydrogen (secondary N) is 1. The maximum Gasteiger partial charge on any atom is 0.417 e. The zero-order valence-corrected chi connectivity index (χ0v) is 12.4. The van der Waals surface area contributed by atoms with Crippen LogP contribution in [0.3, 0.4) is 0 Å². The summed E-state index contributed by atoms with van der Waals surface area (Å²) < 4.78 is 39.8. The number of aldehydes is 1. The molecule has 2 rings (SSSR count). The third kappa shape index (κ3) is 3.32. The van der Waals surface area contributed by atoms with Gasteiger partial charge in [-0.05, 0) is 31.7 Å². The highest BCUT2D eigenvalue weighted by Crippen LogP contribution is 2.36. The number of carbonyl (C=O) groups is 1. The summed E-state index contributed by atoms with van der Waals surface area (Å²) in [6.45, 7) is 3.53. The van der Waals surface area contributed by atoms with Crippen molar-refractivity contribution in [2.24, 2.45) is 0 Å². The number of rotatable bonds is 2. The fraction of sp³-hybridized carbons (Fsp3) is 0.438. The van der Waals surface area contributed by atoms with Crippen LogP contribution in [-0.4, -0.2) is 37.9 Å². The molecule has 1 aliphatic heterocycles. The Morgan fingerprint density at radius 2 is 2.14 bits per heavy atom. The van der Waals surface area contributed by atoms with Gasteiger partial charge >= 0.3 is 6.18 Å². The standard InChI is InChI=1S/C16H17F3N2O/c1-3-4-11-7-12(15-9-20-5-6-21(15)2)13(10-22)14(8-11)16(17,18)19/h7-8,10,15,20H,5-6,9H2,1-2H3/t15-/m0/s1. The predicted molar refractivity (Wildman–Crippen MR) is 77.6 cm³/mol. The van der Waals surface area contributed by atoms with Crippen LogP contribution in [0.15, 0.2) is 12.1 Å². The van der Waals surface area contributed by atoms with Gasteiger partial charge in [0.2, 0.25) is 0 Å². The lowest BCUT2D eigenvalue weighted by Gasteiger charge is -2.34. The second kappa shape index (κ2) is 6.51. The molecule has 6 heteroatoms. The Morgan fingerprint density at radius 3 is 2.68 bits per heavy atom. The molecule has 0 bridgehead atoms. The van der Waals surface area contributed by atoms with Gasteiger partial charge < -0.3 is 5.32 Å². The summed E-state index contributed by atoms with van der Waals surface area (Å²) in [6.07, 6.45) is -4.29. The monoisotopic (exact) mass is 310 g/mol. The Hall–Kier alpha value is -1.84. The van der Waals surface area contributed by atoms with Crippen LogP contribution >= 0.6 is 0 Å². The first kappa shape index (κ1) is 16.5. The highest BCUT2D eigenvalue weighted by atomic mass is 19.4. The van der Waals surface area contributed by atoms with Crippen LogP contribution in [0.4, 0.5) is 13.2 Å². The molecular formula is C16H17F3N2O. The second-order valence-corrected chi connectivity index (χ2v) is 5.22. The van der Waals surface area contributed by atoms with E-state index in [0.717, 1.165) is 12.6 Å². The third-order valence-electron chi connectivity index (χ3n) is 3.77. The molecule has 1 atom stereocenters. The topological polar surface area (TPSA) is 32.3 Å². The van der Waals surface area contributed by atoms with Crippen molar-refractivity contribution >= 4 is 6.29 Å². The molecule has 0 aliphatic carbocycles. The quantitative estimate of drug-likeness (QED) is 0.673. The van der Waals surface area contributed by atoms with Crippen molar-refractivity contribution in [2.45, 2.75) is 19.1 Å². The van der Waals surface area contributed by atoms with Crippen molar-refractivity contribution < 1.29 is 18.0 Å². The summed E-state index contributed by atoms with van der Waals surface area (Å²) in [6, 6.07) is 2.25. The molecule has 3 nitrogen and oxygen atoms in total. The van der Waals surface area contributed by atoms with Crippen molar-refractivity contribution in [3.63, 3.8) is 0 Å². The van der Waals surface area contributed by atoms with E-state index >= 15 is 0 Å². The molecule has 1 fully saturated rings. The Morgan fingerprint density at radius 1 is 1.41 bits per heavy atom. The lowest BCUT2D eigenvalue weighted by atomic mass is 9.92. The summed E-state index contributed by atoms with van der Waals surface area (Å²) in [4.78, 5) is 13.3. The molecule has 1 aromatic rings. The zero-order valence-electron chi connectivity index (χ0n) is 12.4. The smallest absolute Gasteiger partial charge is 0.314 e. The summed E-state index contributed by atoms with van der Waals surface area (Å²) in [5.41, 5.74) is -0.571. The number of benzene rings is 1. The minimum atomic E-state index is -4.59. The van der Waals surface area contributed by atoms with Crippen LogP contribution in [0.2, 0.25) is 0 Å². The molecule has 0 saturated carbocycles. The molecule has 1 saturated heterocycles. The van der Waals surface area contributed by atoms with Crippen molar-refractivity contribution in [1.82, 2.24) is 10.2 Å². The molecule has 0 spiro atoms. The van der Waals surface area contributed by atoms with E-state index < -0.39 is 11.7 Å². The van der Waals surface area contributed by atoms with Gasteiger partial charge in [-0.3, -0.25) is 9.69 Å². The van der Waals surface area contributed by atoms with Gasteiger partial charge in [-0.2, -0.15) is 13.2 Å². The van der Waals surface area contributed by atoms with Crippen LogP contribution in [0.1, 0.15) is 40.0 Å². The number of hydrogen-bond acceptors (Lipinski definition) is 3. The van der Waals surface area contributed by atoms with E-state index in [1.807, 2.05) is 11.9 Å². The van der Waals surface area contributed by atoms with Crippen molar-refractivity contribution in [1.29, 1.82) is 0 Å². The Labute approximate surface area is 127 Å². The maximum absolute atomic E-state index is 13.3. The number of nitrogens with zero attached hydrogens (tertiary/aromatic N) is 1. The molecule has 0 radical (unpaired) electrons. The minimum absolute atomic E-state index is 0.273. The van der Waals surface area contributed by atoms with Crippen molar-refractivity contribution in [2.75, 3.05) is 26.7 Å². The molecule has 0 unspecified atom stereocenters. The largest absolute Gasteiger partial charge is 0.417 e. The molecular weight excluding hydrogens is 293 g/mol. The lowest BCUT2D eigenvalue weighted by molar-refractivity contribution is -0.137. The first-order valence-electron chi connectivity index (χ1n) is 6.92. The van der Waals surface area contributed by atoms with Gasteiger partial charge in [0.05, 0.1) is 5.56 Å². The van der Waals surface area contributed by atoms with Crippen LogP contribution in [0.5, 0.6) is 0 Å². The van der Waals surface area contributed by atoms with Gasteiger partial charge in [-0.1, -0.05) is 5.92 Å². The number of carbonyl (C=O) groups excluding carboxylic acids is 1. The van der Waals surface area contributed by atoms with Gasteiger partial charge in [0.15, 0.2) is 6.29 Å². The number of likely N-dealkylation sites (N-methyl/N-ethyl adjacent to an activating group) is 1. The SMILES string of the molecule is CC#Cc1cc([C@@H]2CNCCN2C)c(C=O)c(C(F)(F)F)c1. The number of piperazine rings is 1. The predicted octanol–water partition coefficient (Wildman–Crippen LogP) is 2.47. The summed E-state index contributed by atoms with van der Waals surface area (Å²) >= 11 is 0. The van der Waals surface area contributed by atoms with Gasteiger partial charge in [-0.25, -0.2) is 0 Å². The van der Waals surface area contributed by atoms with E-state index in [9.17, 15) is 18.0 Å². The Kier molecular flexibility index (Phi) is 4.89. The lowest BCUT2D eigenvalue weighted by Crippen LogP contribution is -2.44. The van der Waals surface area contributed by atoms with E-state index in [1.165, 1.54) is 0 Å². The van der Waals surface area contributed by atoms with E-state index in [2.05, 4.69) is 17.2 Å². The average Bonchev–Trinajstić information content (AvgIpc) is 2.46. The minimum Gasteiger partial charge on any atom is -0.314 e. The first-order valence-corrected chi connectivity index (χ1v) is 6.92. The van der Waals surface area contributed by atoms with E-state index in [-0.39, 0.29) is 17.2 Å². The van der Waals surface area contributed by atoms with Crippen LogP contribution in [-0.2, 0) is 6.18 Å². The highest BCUT2D eigenvalue weighted by molar-refractivity contribution is 5.81. The fourth-order valence-corrected chi connectivity index (χ4v) is 2.69. The van der Waals surface area contributed by atoms with E-state index in [4.69, 9.17) is 0 Å². The summed E-state index contributed by atoms with van der Waals surface area (Å²) in [7, 11) is 1.84.